The molecular weight excluding hydrogens is 346 g/mol. The van der Waals surface area contributed by atoms with Gasteiger partial charge in [-0.1, -0.05) is 11.8 Å². The lowest BCUT2D eigenvalue weighted by Crippen LogP contribution is -2.51. The molecule has 0 radical (unpaired) electrons. The molecule has 0 spiro atoms. The molecule has 10 nitrogen and oxygen atoms in total. The van der Waals surface area contributed by atoms with Gasteiger partial charge in [-0.3, -0.25) is 14.6 Å². The summed E-state index contributed by atoms with van der Waals surface area (Å²) in [5.41, 5.74) is -0.427. The van der Waals surface area contributed by atoms with E-state index in [9.17, 15) is 14.4 Å². The Bertz CT molecular complexity index is 832. The second kappa shape index (κ2) is 7.13. The highest BCUT2D eigenvalue weighted by atomic mass is 32.2. The zero-order valence-corrected chi connectivity index (χ0v) is 14.8. The van der Waals surface area contributed by atoms with E-state index in [4.69, 9.17) is 0 Å². The maximum Gasteiger partial charge on any atom is 0.343 e. The van der Waals surface area contributed by atoms with Crippen LogP contribution in [0.1, 0.15) is 10.6 Å². The largest absolute Gasteiger partial charge is 0.343 e. The van der Waals surface area contributed by atoms with E-state index in [0.29, 0.717) is 31.9 Å². The molecule has 0 saturated carbocycles. The number of nitrogens with zero attached hydrogens (tertiary/aromatic N) is 6. The first-order valence-corrected chi connectivity index (χ1v) is 8.75. The maximum atomic E-state index is 12.3. The zero-order chi connectivity index (χ0) is 18.0. The first-order chi connectivity index (χ1) is 12.0. The number of aromatic nitrogens is 5. The van der Waals surface area contributed by atoms with E-state index < -0.39 is 5.69 Å². The molecule has 2 aromatic rings. The second-order valence-electron chi connectivity index (χ2n) is 5.68. The van der Waals surface area contributed by atoms with Crippen molar-refractivity contribution in [2.75, 3.05) is 31.9 Å². The van der Waals surface area contributed by atoms with E-state index in [-0.39, 0.29) is 17.6 Å². The summed E-state index contributed by atoms with van der Waals surface area (Å²) in [6.07, 6.45) is 3.53. The van der Waals surface area contributed by atoms with Crippen LogP contribution in [0.15, 0.2) is 22.3 Å². The van der Waals surface area contributed by atoms with E-state index in [0.717, 1.165) is 9.84 Å². The van der Waals surface area contributed by atoms with Crippen LogP contribution in [0.25, 0.3) is 0 Å². The summed E-state index contributed by atoms with van der Waals surface area (Å²) in [6.45, 7) is 1.75. The first-order valence-electron chi connectivity index (χ1n) is 7.76. The molecule has 1 saturated heterocycles. The van der Waals surface area contributed by atoms with Gasteiger partial charge in [-0.2, -0.15) is 0 Å². The normalized spacial score (nSPS) is 14.8. The van der Waals surface area contributed by atoms with Crippen molar-refractivity contribution in [1.82, 2.24) is 34.1 Å². The highest BCUT2D eigenvalue weighted by Gasteiger charge is 2.26. The molecule has 134 valence electrons. The minimum atomic E-state index is -0.427. The number of nitrogens with one attached hydrogen (secondary N) is 1. The summed E-state index contributed by atoms with van der Waals surface area (Å²) >= 11 is 1.39. The molecule has 2 aromatic heterocycles. The molecule has 3 heterocycles. The number of thioether (sulfide) groups is 1. The highest BCUT2D eigenvalue weighted by Crippen LogP contribution is 2.16. The highest BCUT2D eigenvalue weighted by molar-refractivity contribution is 7.99. The first kappa shape index (κ1) is 17.3. The van der Waals surface area contributed by atoms with Gasteiger partial charge >= 0.3 is 5.69 Å². The lowest BCUT2D eigenvalue weighted by molar-refractivity contribution is -0.129. The fraction of sp³-hybridized carbons (Fsp3) is 0.500. The lowest BCUT2D eigenvalue weighted by Gasteiger charge is -2.34. The summed E-state index contributed by atoms with van der Waals surface area (Å²) in [5, 5.41) is 4.66. The Morgan fingerprint density at radius 2 is 1.88 bits per heavy atom. The fourth-order valence-electron chi connectivity index (χ4n) is 2.52. The van der Waals surface area contributed by atoms with Crippen molar-refractivity contribution in [1.29, 1.82) is 0 Å². The van der Waals surface area contributed by atoms with Gasteiger partial charge in [-0.05, 0) is 0 Å². The van der Waals surface area contributed by atoms with Crippen LogP contribution in [0, 0.1) is 0 Å². The number of piperazine rings is 1. The van der Waals surface area contributed by atoms with E-state index in [1.165, 1.54) is 18.8 Å². The molecule has 25 heavy (non-hydrogen) atoms. The number of aromatic amines is 1. The van der Waals surface area contributed by atoms with Gasteiger partial charge in [-0.15, -0.1) is 5.10 Å². The molecule has 1 fully saturated rings. The van der Waals surface area contributed by atoms with Gasteiger partial charge < -0.3 is 14.4 Å². The van der Waals surface area contributed by atoms with Gasteiger partial charge in [0.2, 0.25) is 11.7 Å². The van der Waals surface area contributed by atoms with Crippen LogP contribution < -0.4 is 5.69 Å². The molecule has 11 heteroatoms. The molecule has 3 rings (SSSR count). The third kappa shape index (κ3) is 3.76. The Balaban J connectivity index is 1.51. The van der Waals surface area contributed by atoms with Crippen LogP contribution in [-0.4, -0.2) is 77.9 Å². The van der Waals surface area contributed by atoms with E-state index in [1.54, 1.807) is 16.0 Å². The number of aryl methyl sites for hydroxylation is 2. The Labute approximate surface area is 147 Å². The van der Waals surface area contributed by atoms with Gasteiger partial charge in [0.05, 0.1) is 5.75 Å². The van der Waals surface area contributed by atoms with E-state index >= 15 is 0 Å². The third-order valence-corrected chi connectivity index (χ3v) is 5.04. The van der Waals surface area contributed by atoms with Crippen LogP contribution in [0.4, 0.5) is 0 Å². The van der Waals surface area contributed by atoms with Crippen LogP contribution >= 0.6 is 11.8 Å². The zero-order valence-electron chi connectivity index (χ0n) is 14.0. The van der Waals surface area contributed by atoms with Crippen LogP contribution in [0.3, 0.4) is 0 Å². The minimum absolute atomic E-state index is 0.0198. The summed E-state index contributed by atoms with van der Waals surface area (Å²) in [7, 11) is 3.36. The average molecular weight is 365 g/mol. The third-order valence-electron chi connectivity index (χ3n) is 3.99. The standard InChI is InChI=1S/C14H19N7O3S/c1-18-4-3-15-14(18)25-9-10(22)20-5-7-21(8-6-20)12(23)11-16-13(24)19(2)17-11/h3-4H,5-9H2,1-2H3,(H,16,17,24). The van der Waals surface area contributed by atoms with Gasteiger partial charge in [0.25, 0.3) is 5.91 Å². The summed E-state index contributed by atoms with van der Waals surface area (Å²) in [6, 6.07) is 0. The number of hydrogen-bond acceptors (Lipinski definition) is 6. The smallest absolute Gasteiger partial charge is 0.338 e. The Morgan fingerprint density at radius 1 is 1.20 bits per heavy atom. The van der Waals surface area contributed by atoms with Crippen LogP contribution in [0.5, 0.6) is 0 Å². The van der Waals surface area contributed by atoms with Crippen molar-refractivity contribution < 1.29 is 9.59 Å². The van der Waals surface area contributed by atoms with Crippen molar-refractivity contribution in [2.45, 2.75) is 5.16 Å². The molecule has 0 aromatic carbocycles. The van der Waals surface area contributed by atoms with E-state index in [2.05, 4.69) is 15.1 Å². The minimum Gasteiger partial charge on any atom is -0.338 e. The van der Waals surface area contributed by atoms with Crippen molar-refractivity contribution in [3.8, 4) is 0 Å². The van der Waals surface area contributed by atoms with Gasteiger partial charge in [0.1, 0.15) is 0 Å². The number of carbonyl (C=O) groups is 2. The van der Waals surface area contributed by atoms with Crippen LogP contribution in [-0.2, 0) is 18.9 Å². The topological polar surface area (TPSA) is 109 Å². The Morgan fingerprint density at radius 3 is 2.44 bits per heavy atom. The monoisotopic (exact) mass is 365 g/mol. The number of carbonyl (C=O) groups excluding carboxylic acids is 2. The molecule has 2 amide bonds. The summed E-state index contributed by atoms with van der Waals surface area (Å²) in [5.74, 6) is 0.0305. The molecular formula is C14H19N7O3S. The van der Waals surface area contributed by atoms with Crippen molar-refractivity contribution in [3.63, 3.8) is 0 Å². The fourth-order valence-corrected chi connectivity index (χ4v) is 3.35. The SMILES string of the molecule is Cn1ccnc1SCC(=O)N1CCN(C(=O)c2nn(C)c(=O)[nH]2)CC1. The quantitative estimate of drug-likeness (QED) is 0.690. The van der Waals surface area contributed by atoms with Crippen molar-refractivity contribution in [3.05, 3.63) is 28.7 Å². The lowest BCUT2D eigenvalue weighted by atomic mass is 10.3. The number of hydrogen-bond donors (Lipinski definition) is 1. The maximum absolute atomic E-state index is 12.3. The van der Waals surface area contributed by atoms with Crippen LogP contribution in [0.2, 0.25) is 0 Å². The predicted molar refractivity (Wildman–Crippen MR) is 90.2 cm³/mol. The molecule has 0 unspecified atom stereocenters. The van der Waals surface area contributed by atoms with Gasteiger partial charge in [0.15, 0.2) is 5.16 Å². The number of amides is 2. The number of rotatable bonds is 4. The number of imidazole rings is 1. The van der Waals surface area contributed by atoms with Crippen molar-refractivity contribution in [2.24, 2.45) is 14.1 Å². The molecule has 1 N–H and O–H groups in total. The van der Waals surface area contributed by atoms with E-state index in [1.807, 2.05) is 17.8 Å². The molecule has 1 aliphatic heterocycles. The molecule has 1 aliphatic rings. The molecule has 0 bridgehead atoms. The molecule has 0 aliphatic carbocycles. The van der Waals surface area contributed by atoms with Crippen molar-refractivity contribution >= 4 is 23.6 Å². The second-order valence-corrected chi connectivity index (χ2v) is 6.63. The number of H-pyrrole nitrogens is 1. The predicted octanol–water partition coefficient (Wildman–Crippen LogP) is -1.08. The summed E-state index contributed by atoms with van der Waals surface area (Å²) in [4.78, 5) is 45.9. The average Bonchev–Trinajstić information content (AvgIpc) is 3.17. The summed E-state index contributed by atoms with van der Waals surface area (Å²) < 4.78 is 2.95. The Kier molecular flexibility index (Phi) is 4.93. The molecule has 0 atom stereocenters. The Hall–Kier alpha value is -2.56. The van der Waals surface area contributed by atoms with Gasteiger partial charge in [0, 0.05) is 52.7 Å². The van der Waals surface area contributed by atoms with Gasteiger partial charge in [-0.25, -0.2) is 14.5 Å².